The molecule has 29 heavy (non-hydrogen) atoms. The van der Waals surface area contributed by atoms with Gasteiger partial charge in [-0.05, 0) is 40.6 Å². The van der Waals surface area contributed by atoms with Crippen LogP contribution in [0.3, 0.4) is 0 Å². The number of hydrogen-bond acceptors (Lipinski definition) is 0. The molecule has 3 aromatic rings. The van der Waals surface area contributed by atoms with E-state index in [2.05, 4.69) is 6.58 Å². The smallest absolute Gasteiger partial charge is 0.167 e. The molecule has 0 amide bonds. The van der Waals surface area contributed by atoms with E-state index in [1.54, 1.807) is 36.4 Å². The summed E-state index contributed by atoms with van der Waals surface area (Å²) in [5, 5.41) is 2.32. The lowest BCUT2D eigenvalue weighted by atomic mass is 10.0. The van der Waals surface area contributed by atoms with E-state index in [0.29, 0.717) is 22.1 Å². The average Bonchev–Trinajstić information content (AvgIpc) is 2.72. The van der Waals surface area contributed by atoms with Crippen molar-refractivity contribution in [3.05, 3.63) is 127 Å². The molecule has 0 radical (unpaired) electrons. The van der Waals surface area contributed by atoms with Crippen molar-refractivity contribution in [2.75, 3.05) is 0 Å². The van der Waals surface area contributed by atoms with Gasteiger partial charge in [0, 0.05) is 15.7 Å². The Morgan fingerprint density at radius 3 is 1.90 bits per heavy atom. The fourth-order valence-electron chi connectivity index (χ4n) is 3.46. The van der Waals surface area contributed by atoms with Crippen LogP contribution in [0, 0.1) is 38.3 Å². The number of halogens is 3. The highest BCUT2D eigenvalue weighted by Crippen LogP contribution is 2.16. The largest absolute Gasteiger partial charge is 0.206 e. The molecule has 0 aliphatic heterocycles. The Labute approximate surface area is 166 Å². The van der Waals surface area contributed by atoms with Crippen LogP contribution in [0.15, 0.2) is 78.4 Å². The predicted molar refractivity (Wildman–Crippen MR) is 110 cm³/mol. The van der Waals surface area contributed by atoms with Crippen LogP contribution in [-0.4, -0.2) is 0 Å². The summed E-state index contributed by atoms with van der Waals surface area (Å²) in [5.74, 6) is -2.39. The molecule has 3 heteroatoms. The molecule has 0 spiro atoms. The summed E-state index contributed by atoms with van der Waals surface area (Å²) in [6, 6.07) is 14.4. The topological polar surface area (TPSA) is 0 Å². The van der Waals surface area contributed by atoms with Gasteiger partial charge in [-0.25, -0.2) is 13.2 Å². The van der Waals surface area contributed by atoms with Crippen molar-refractivity contribution in [1.82, 2.24) is 0 Å². The minimum absolute atomic E-state index is 0.0328. The summed E-state index contributed by atoms with van der Waals surface area (Å²) >= 11 is 0. The maximum Gasteiger partial charge on any atom is 0.167 e. The molecule has 0 nitrogen and oxygen atoms in total. The van der Waals surface area contributed by atoms with Gasteiger partial charge in [0.25, 0.3) is 0 Å². The van der Waals surface area contributed by atoms with E-state index in [4.69, 9.17) is 0 Å². The van der Waals surface area contributed by atoms with Crippen LogP contribution < -0.4 is 10.4 Å². The standard InChI is InChI=1S/C26H19F3/c1-16-3-7-18(8-4-16)21-12-11-20(15-24(21)27)23-14-13-22(25(28)26(23)29)19-9-5-17(2)6-10-19/h3-7,9-15H,2,8H2,1H3/b21-18-,23-20-. The molecule has 0 N–H and O–H groups in total. The fourth-order valence-corrected chi connectivity index (χ4v) is 3.46. The molecule has 144 valence electrons. The van der Waals surface area contributed by atoms with Gasteiger partial charge in [0.05, 0.1) is 0 Å². The predicted octanol–water partition coefficient (Wildman–Crippen LogP) is 5.15. The van der Waals surface area contributed by atoms with E-state index in [0.717, 1.165) is 16.4 Å². The molecule has 0 aromatic heterocycles. The van der Waals surface area contributed by atoms with Crippen molar-refractivity contribution in [2.45, 2.75) is 13.3 Å². The van der Waals surface area contributed by atoms with Crippen LogP contribution in [0.5, 0.6) is 0 Å². The highest BCUT2D eigenvalue weighted by molar-refractivity contribution is 5.62. The molecule has 0 saturated heterocycles. The molecular weight excluding hydrogens is 369 g/mol. The van der Waals surface area contributed by atoms with Gasteiger partial charge in [-0.2, -0.15) is 0 Å². The lowest BCUT2D eigenvalue weighted by Crippen LogP contribution is -2.11. The van der Waals surface area contributed by atoms with Crippen molar-refractivity contribution in [3.63, 3.8) is 0 Å². The maximum atomic E-state index is 14.8. The second-order valence-corrected chi connectivity index (χ2v) is 7.19. The first-order valence-electron chi connectivity index (χ1n) is 9.35. The Balaban J connectivity index is 1.97. The third-order valence-electron chi connectivity index (χ3n) is 5.16. The van der Waals surface area contributed by atoms with Crippen LogP contribution in [0.2, 0.25) is 0 Å². The van der Waals surface area contributed by atoms with E-state index in [-0.39, 0.29) is 10.4 Å². The summed E-state index contributed by atoms with van der Waals surface area (Å²) in [7, 11) is 0. The van der Waals surface area contributed by atoms with Gasteiger partial charge in [-0.1, -0.05) is 78.9 Å². The summed E-state index contributed by atoms with van der Waals surface area (Å²) in [6.07, 6.45) is 6.49. The van der Waals surface area contributed by atoms with Crippen LogP contribution in [0.1, 0.15) is 13.3 Å². The van der Waals surface area contributed by atoms with E-state index < -0.39 is 17.5 Å². The van der Waals surface area contributed by atoms with E-state index in [1.165, 1.54) is 18.2 Å². The summed E-state index contributed by atoms with van der Waals surface area (Å²) in [6.45, 7) is 5.78. The van der Waals surface area contributed by atoms with Gasteiger partial charge >= 0.3 is 0 Å². The van der Waals surface area contributed by atoms with Crippen LogP contribution in [0.25, 0.3) is 12.2 Å². The molecule has 0 atom stereocenters. The third-order valence-corrected chi connectivity index (χ3v) is 5.16. The monoisotopic (exact) mass is 388 g/mol. The second kappa shape index (κ2) is 7.59. The highest BCUT2D eigenvalue weighted by atomic mass is 19.2. The van der Waals surface area contributed by atoms with Crippen LogP contribution >= 0.6 is 0 Å². The number of allylic oxidation sites excluding steroid dienone is 4. The Kier molecular flexibility index (Phi) is 4.98. The Bertz CT molecular complexity index is 1460. The normalized spacial score (nSPS) is 16.6. The average molecular weight is 388 g/mol. The molecule has 0 bridgehead atoms. The highest BCUT2D eigenvalue weighted by Gasteiger charge is 2.07. The quantitative estimate of drug-likeness (QED) is 0.500. The minimum Gasteiger partial charge on any atom is -0.206 e. The molecule has 4 rings (SSSR count). The number of benzene rings is 3. The summed E-state index contributed by atoms with van der Waals surface area (Å²) in [5.41, 5.74) is 1.99. The van der Waals surface area contributed by atoms with E-state index in [9.17, 15) is 13.2 Å². The van der Waals surface area contributed by atoms with Crippen LogP contribution in [-0.2, 0) is 0 Å². The van der Waals surface area contributed by atoms with Crippen molar-refractivity contribution in [3.8, 4) is 0 Å². The molecule has 1 aliphatic carbocycles. The SMILES string of the molecule is C=c1ccc(=c2cc/c(=c3\cc/c(=C4\C=CC(C)=CC4)c(F)c3)c(F)c2F)cc1. The van der Waals surface area contributed by atoms with Crippen molar-refractivity contribution in [2.24, 2.45) is 0 Å². The summed E-state index contributed by atoms with van der Waals surface area (Å²) in [4.78, 5) is 0. The lowest BCUT2D eigenvalue weighted by Gasteiger charge is -2.06. The first kappa shape index (κ1) is 19.0. The zero-order valence-electron chi connectivity index (χ0n) is 16.0. The molecule has 0 fully saturated rings. The first-order valence-corrected chi connectivity index (χ1v) is 9.35. The van der Waals surface area contributed by atoms with Crippen LogP contribution in [0.4, 0.5) is 13.2 Å². The zero-order valence-corrected chi connectivity index (χ0v) is 16.0. The summed E-state index contributed by atoms with van der Waals surface area (Å²) < 4.78 is 44.3. The Morgan fingerprint density at radius 2 is 1.31 bits per heavy atom. The maximum absolute atomic E-state index is 14.8. The van der Waals surface area contributed by atoms with E-state index in [1.807, 2.05) is 25.2 Å². The minimum atomic E-state index is -0.989. The fraction of sp³-hybridized carbons (Fsp3) is 0.0769. The van der Waals surface area contributed by atoms with Gasteiger partial charge < -0.3 is 0 Å². The second-order valence-electron chi connectivity index (χ2n) is 7.19. The van der Waals surface area contributed by atoms with Crippen molar-refractivity contribution >= 4 is 12.2 Å². The van der Waals surface area contributed by atoms with Gasteiger partial charge in [-0.15, -0.1) is 0 Å². The molecule has 0 unspecified atom stereocenters. The molecule has 3 aromatic carbocycles. The Hall–Kier alpha value is -3.33. The molecular formula is C26H19F3. The zero-order chi connectivity index (χ0) is 20.5. The van der Waals surface area contributed by atoms with Crippen molar-refractivity contribution in [1.29, 1.82) is 0 Å². The number of rotatable bonds is 0. The van der Waals surface area contributed by atoms with Gasteiger partial charge in [-0.3, -0.25) is 0 Å². The number of hydrogen-bond donors (Lipinski definition) is 0. The third kappa shape index (κ3) is 3.68. The Morgan fingerprint density at radius 1 is 0.724 bits per heavy atom. The molecule has 1 aliphatic rings. The van der Waals surface area contributed by atoms with Gasteiger partial charge in [0.15, 0.2) is 11.6 Å². The van der Waals surface area contributed by atoms with Gasteiger partial charge in [0.1, 0.15) is 5.82 Å². The first-order chi connectivity index (χ1) is 13.9. The molecule has 0 heterocycles. The lowest BCUT2D eigenvalue weighted by molar-refractivity contribution is 0.498. The van der Waals surface area contributed by atoms with Gasteiger partial charge in [0.2, 0.25) is 0 Å². The molecule has 0 saturated carbocycles. The van der Waals surface area contributed by atoms with E-state index >= 15 is 0 Å². The van der Waals surface area contributed by atoms with Crippen molar-refractivity contribution < 1.29 is 13.2 Å².